The fourth-order valence-electron chi connectivity index (χ4n) is 3.59. The van der Waals surface area contributed by atoms with Gasteiger partial charge in [0.1, 0.15) is 5.82 Å². The van der Waals surface area contributed by atoms with Gasteiger partial charge in [-0.3, -0.25) is 4.79 Å². The summed E-state index contributed by atoms with van der Waals surface area (Å²) < 4.78 is 41.2. The number of nitrogens with zero attached hydrogens (tertiary/aromatic N) is 5. The molecule has 4 rings (SSSR count). The molecule has 4 aromatic rings. The van der Waals surface area contributed by atoms with Crippen molar-refractivity contribution < 1.29 is 18.0 Å². The Labute approximate surface area is 187 Å². The highest BCUT2D eigenvalue weighted by molar-refractivity contribution is 5.89. The van der Waals surface area contributed by atoms with Crippen molar-refractivity contribution >= 4 is 23.2 Å². The fraction of sp³-hybridized carbons (Fsp3) is 0.217. The minimum atomic E-state index is -4.42. The number of aromatic nitrogens is 5. The van der Waals surface area contributed by atoms with E-state index in [9.17, 15) is 18.0 Å². The maximum atomic E-state index is 13.1. The minimum Gasteiger partial charge on any atom is -0.383 e. The highest BCUT2D eigenvalue weighted by Crippen LogP contribution is 2.30. The molecule has 0 aliphatic heterocycles. The quantitative estimate of drug-likeness (QED) is 0.440. The monoisotopic (exact) mass is 454 g/mol. The van der Waals surface area contributed by atoms with Gasteiger partial charge in [-0.25, -0.2) is 15.0 Å². The molecule has 0 saturated heterocycles. The molecule has 170 valence electrons. The third kappa shape index (κ3) is 4.50. The first-order valence-corrected chi connectivity index (χ1v) is 10.0. The van der Waals surface area contributed by atoms with Gasteiger partial charge in [-0.1, -0.05) is 12.1 Å². The third-order valence-corrected chi connectivity index (χ3v) is 5.09. The molecule has 0 spiro atoms. The lowest BCUT2D eigenvalue weighted by molar-refractivity contribution is -0.137. The van der Waals surface area contributed by atoms with Crippen LogP contribution < -0.4 is 0 Å². The number of H-pyrrole nitrogens is 1. The molecule has 0 amide bonds. The van der Waals surface area contributed by atoms with Crippen molar-refractivity contribution in [2.24, 2.45) is 0 Å². The number of aromatic amines is 1. The number of rotatable bonds is 6. The van der Waals surface area contributed by atoms with E-state index in [4.69, 9.17) is 4.98 Å². The Morgan fingerprint density at radius 1 is 1.21 bits per heavy atom. The number of alkyl halides is 3. The van der Waals surface area contributed by atoms with Gasteiger partial charge in [0.15, 0.2) is 17.6 Å². The minimum absolute atomic E-state index is 0.154. The van der Waals surface area contributed by atoms with E-state index in [1.54, 1.807) is 36.0 Å². The van der Waals surface area contributed by atoms with Crippen molar-refractivity contribution in [3.05, 3.63) is 82.8 Å². The SMILES string of the molecule is Cc1nc2ncc(/C(=C/N(C)C)c3cc[nH]c3C=O)nc2n1Cc1cccc(C(F)(F)F)c1. The summed E-state index contributed by atoms with van der Waals surface area (Å²) >= 11 is 0. The van der Waals surface area contributed by atoms with Gasteiger partial charge >= 0.3 is 6.18 Å². The number of imidazole rings is 1. The van der Waals surface area contributed by atoms with Crippen LogP contribution in [0.5, 0.6) is 0 Å². The smallest absolute Gasteiger partial charge is 0.383 e. The van der Waals surface area contributed by atoms with Gasteiger partial charge in [-0.2, -0.15) is 13.2 Å². The lowest BCUT2D eigenvalue weighted by Gasteiger charge is -2.13. The molecule has 0 bridgehead atoms. The van der Waals surface area contributed by atoms with Gasteiger partial charge in [-0.15, -0.1) is 0 Å². The topological polar surface area (TPSA) is 79.7 Å². The number of carbonyl (C=O) groups excluding carboxylic acids is 1. The Morgan fingerprint density at radius 3 is 2.70 bits per heavy atom. The Morgan fingerprint density at radius 2 is 2.00 bits per heavy atom. The number of benzene rings is 1. The normalized spacial score (nSPS) is 12.4. The first-order chi connectivity index (χ1) is 15.7. The molecule has 10 heteroatoms. The van der Waals surface area contributed by atoms with Crippen molar-refractivity contribution in [1.29, 1.82) is 0 Å². The zero-order chi connectivity index (χ0) is 23.8. The van der Waals surface area contributed by atoms with Gasteiger partial charge in [-0.05, 0) is 30.7 Å². The number of halogens is 3. The van der Waals surface area contributed by atoms with Gasteiger partial charge < -0.3 is 14.5 Å². The molecule has 3 heterocycles. The molecule has 0 radical (unpaired) electrons. The van der Waals surface area contributed by atoms with Crippen molar-refractivity contribution in [2.75, 3.05) is 14.1 Å². The Bertz CT molecular complexity index is 1350. The van der Waals surface area contributed by atoms with Crippen LogP contribution in [0.1, 0.15) is 38.7 Å². The molecule has 1 aromatic carbocycles. The molecule has 1 N–H and O–H groups in total. The molecule has 0 atom stereocenters. The van der Waals surface area contributed by atoms with Gasteiger partial charge in [0, 0.05) is 37.6 Å². The van der Waals surface area contributed by atoms with Crippen LogP contribution in [-0.4, -0.2) is 49.8 Å². The summed E-state index contributed by atoms with van der Waals surface area (Å²) in [7, 11) is 3.70. The van der Waals surface area contributed by atoms with Crippen LogP contribution in [-0.2, 0) is 12.7 Å². The summed E-state index contributed by atoms with van der Waals surface area (Å²) in [4.78, 5) is 29.8. The van der Waals surface area contributed by atoms with Crippen LogP contribution in [0.15, 0.2) is 48.9 Å². The fourth-order valence-corrected chi connectivity index (χ4v) is 3.59. The summed E-state index contributed by atoms with van der Waals surface area (Å²) in [5, 5.41) is 0. The van der Waals surface area contributed by atoms with Crippen LogP contribution in [0.25, 0.3) is 16.9 Å². The lowest BCUT2D eigenvalue weighted by atomic mass is 10.0. The first kappa shape index (κ1) is 22.3. The van der Waals surface area contributed by atoms with Crippen LogP contribution in [0.4, 0.5) is 13.2 Å². The number of nitrogens with one attached hydrogen (secondary N) is 1. The average Bonchev–Trinajstić information content (AvgIpc) is 3.35. The summed E-state index contributed by atoms with van der Waals surface area (Å²) in [5.41, 5.74) is 2.82. The summed E-state index contributed by atoms with van der Waals surface area (Å²) in [6, 6.07) is 6.95. The third-order valence-electron chi connectivity index (χ3n) is 5.09. The summed E-state index contributed by atoms with van der Waals surface area (Å²) in [5.74, 6) is 0.577. The highest BCUT2D eigenvalue weighted by atomic mass is 19.4. The molecule has 0 unspecified atom stereocenters. The predicted molar refractivity (Wildman–Crippen MR) is 118 cm³/mol. The van der Waals surface area contributed by atoms with Gasteiger partial charge in [0.2, 0.25) is 0 Å². The van der Waals surface area contributed by atoms with E-state index in [1.165, 1.54) is 6.07 Å². The second kappa shape index (κ2) is 8.53. The van der Waals surface area contributed by atoms with E-state index in [2.05, 4.69) is 15.0 Å². The van der Waals surface area contributed by atoms with E-state index < -0.39 is 11.7 Å². The summed E-state index contributed by atoms with van der Waals surface area (Å²) in [6.07, 6.45) is 1.36. The summed E-state index contributed by atoms with van der Waals surface area (Å²) in [6.45, 7) is 1.91. The molecule has 0 aliphatic rings. The van der Waals surface area contributed by atoms with Gasteiger partial charge in [0.25, 0.3) is 0 Å². The number of hydrogen-bond donors (Lipinski definition) is 1. The van der Waals surface area contributed by atoms with E-state index in [0.29, 0.717) is 45.2 Å². The Kier molecular flexibility index (Phi) is 5.75. The number of fused-ring (bicyclic) bond motifs is 1. The molecule has 33 heavy (non-hydrogen) atoms. The number of aldehydes is 1. The molecule has 0 saturated carbocycles. The molecule has 3 aromatic heterocycles. The highest BCUT2D eigenvalue weighted by Gasteiger charge is 2.30. The number of carbonyl (C=O) groups is 1. The second-order valence-corrected chi connectivity index (χ2v) is 7.78. The second-order valence-electron chi connectivity index (χ2n) is 7.78. The predicted octanol–water partition coefficient (Wildman–Crippen LogP) is 4.29. The molecule has 0 aliphatic carbocycles. The van der Waals surface area contributed by atoms with Crippen LogP contribution >= 0.6 is 0 Å². The molecular weight excluding hydrogens is 433 g/mol. The molecule has 7 nitrogen and oxygen atoms in total. The van der Waals surface area contributed by atoms with Crippen LogP contribution in [0.3, 0.4) is 0 Å². The van der Waals surface area contributed by atoms with E-state index in [1.807, 2.05) is 25.2 Å². The largest absolute Gasteiger partial charge is 0.416 e. The average molecular weight is 454 g/mol. The van der Waals surface area contributed by atoms with Crippen molar-refractivity contribution in [3.8, 4) is 0 Å². The zero-order valence-corrected chi connectivity index (χ0v) is 18.2. The van der Waals surface area contributed by atoms with Gasteiger partial charge in [0.05, 0.1) is 29.7 Å². The Balaban J connectivity index is 1.81. The Hall–Kier alpha value is -3.95. The van der Waals surface area contributed by atoms with Crippen LogP contribution in [0, 0.1) is 6.92 Å². The number of aryl methyl sites for hydroxylation is 1. The first-order valence-electron chi connectivity index (χ1n) is 10.0. The maximum Gasteiger partial charge on any atom is 0.416 e. The van der Waals surface area contributed by atoms with E-state index in [-0.39, 0.29) is 6.54 Å². The molecular formula is C23H21F3N6O. The van der Waals surface area contributed by atoms with Crippen molar-refractivity contribution in [1.82, 2.24) is 29.4 Å². The van der Waals surface area contributed by atoms with Crippen molar-refractivity contribution in [3.63, 3.8) is 0 Å². The lowest BCUT2D eigenvalue weighted by Crippen LogP contribution is -2.09. The van der Waals surface area contributed by atoms with E-state index >= 15 is 0 Å². The van der Waals surface area contributed by atoms with Crippen molar-refractivity contribution in [2.45, 2.75) is 19.6 Å². The molecule has 0 fully saturated rings. The van der Waals surface area contributed by atoms with E-state index in [0.717, 1.165) is 18.4 Å². The number of hydrogen-bond acceptors (Lipinski definition) is 5. The maximum absolute atomic E-state index is 13.1. The van der Waals surface area contributed by atoms with Crippen LogP contribution in [0.2, 0.25) is 0 Å². The zero-order valence-electron chi connectivity index (χ0n) is 18.2. The standard InChI is InChI=1S/C23H21F3N6O/c1-14-29-21-22(32(14)11-15-5-4-6-16(9-15)23(24,25)26)30-19(10-28-21)18(12-31(2)3)17-7-8-27-20(17)13-33/h4-10,12-13,27H,11H2,1-3H3/b18-12+.